The van der Waals surface area contributed by atoms with Gasteiger partial charge >= 0.3 is 0 Å². The van der Waals surface area contributed by atoms with E-state index in [-0.39, 0.29) is 19.1 Å². The Labute approximate surface area is 234 Å². The fraction of sp³-hybridized carbons (Fsp3) is 0.483. The summed E-state index contributed by atoms with van der Waals surface area (Å²) in [5.74, 6) is -0.295. The molecule has 39 heavy (non-hydrogen) atoms. The summed E-state index contributed by atoms with van der Waals surface area (Å²) >= 11 is 6.15. The topological polar surface area (TPSA) is 126 Å². The number of nitrogens with one attached hydrogen (secondary N) is 1. The molecule has 2 aliphatic rings. The molecular formula is C29H37ClN4O5. The SMILES string of the molecule is CC(N)C(=O)NC(C(=O)N1CCCC1C1=N[C@](CO)(Cc2cccc(Cl)c2)CO1)[C@@H](C)OCc1ccccc1. The van der Waals surface area contributed by atoms with Gasteiger partial charge in [-0.15, -0.1) is 0 Å². The van der Waals surface area contributed by atoms with Gasteiger partial charge in [-0.1, -0.05) is 54.1 Å². The highest BCUT2D eigenvalue weighted by molar-refractivity contribution is 6.30. The van der Waals surface area contributed by atoms with E-state index in [2.05, 4.69) is 5.32 Å². The molecule has 2 aliphatic heterocycles. The molecular weight excluding hydrogens is 520 g/mol. The number of nitrogens with zero attached hydrogens (tertiary/aromatic N) is 2. The third-order valence-corrected chi connectivity index (χ3v) is 7.41. The van der Waals surface area contributed by atoms with Crippen molar-refractivity contribution in [2.24, 2.45) is 10.7 Å². The second-order valence-corrected chi connectivity index (χ2v) is 10.8. The first-order chi connectivity index (χ1) is 18.7. The van der Waals surface area contributed by atoms with E-state index < -0.39 is 35.7 Å². The fourth-order valence-electron chi connectivity index (χ4n) is 4.96. The minimum atomic E-state index is -0.941. The van der Waals surface area contributed by atoms with Gasteiger partial charge in [-0.25, -0.2) is 4.99 Å². The molecule has 210 valence electrons. The lowest BCUT2D eigenvalue weighted by molar-refractivity contribution is -0.141. The van der Waals surface area contributed by atoms with Crippen molar-refractivity contribution in [1.29, 1.82) is 0 Å². The van der Waals surface area contributed by atoms with Gasteiger partial charge in [-0.3, -0.25) is 9.59 Å². The summed E-state index contributed by atoms with van der Waals surface area (Å²) in [7, 11) is 0. The zero-order valence-corrected chi connectivity index (χ0v) is 23.1. The highest BCUT2D eigenvalue weighted by atomic mass is 35.5. The summed E-state index contributed by atoms with van der Waals surface area (Å²) in [5, 5.41) is 13.7. The molecule has 9 nitrogen and oxygen atoms in total. The van der Waals surface area contributed by atoms with Gasteiger partial charge in [0.15, 0.2) is 0 Å². The molecule has 3 unspecified atom stereocenters. The van der Waals surface area contributed by atoms with Crippen molar-refractivity contribution in [1.82, 2.24) is 10.2 Å². The van der Waals surface area contributed by atoms with Crippen molar-refractivity contribution in [3.63, 3.8) is 0 Å². The van der Waals surface area contributed by atoms with E-state index in [4.69, 9.17) is 31.8 Å². The molecule has 5 atom stereocenters. The van der Waals surface area contributed by atoms with Crippen molar-refractivity contribution < 1.29 is 24.2 Å². The quantitative estimate of drug-likeness (QED) is 0.390. The van der Waals surface area contributed by atoms with Crippen molar-refractivity contribution in [3.8, 4) is 0 Å². The van der Waals surface area contributed by atoms with Crippen LogP contribution in [0.25, 0.3) is 0 Å². The van der Waals surface area contributed by atoms with Crippen LogP contribution in [0.1, 0.15) is 37.8 Å². The number of carbonyl (C=O) groups excluding carboxylic acids is 2. The molecule has 0 bridgehead atoms. The number of rotatable bonds is 11. The third-order valence-electron chi connectivity index (χ3n) is 7.18. The van der Waals surface area contributed by atoms with Gasteiger partial charge in [-0.2, -0.15) is 0 Å². The number of hydrogen-bond acceptors (Lipinski definition) is 7. The average Bonchev–Trinajstić information content (AvgIpc) is 3.58. The predicted molar refractivity (Wildman–Crippen MR) is 149 cm³/mol. The van der Waals surface area contributed by atoms with Crippen molar-refractivity contribution >= 4 is 29.3 Å². The van der Waals surface area contributed by atoms with E-state index >= 15 is 0 Å². The number of halogens is 1. The van der Waals surface area contributed by atoms with Crippen molar-refractivity contribution in [2.75, 3.05) is 19.8 Å². The van der Waals surface area contributed by atoms with Crippen LogP contribution in [0, 0.1) is 0 Å². The number of ether oxygens (including phenoxy) is 2. The summed E-state index contributed by atoms with van der Waals surface area (Å²) in [6, 6.07) is 14.9. The predicted octanol–water partition coefficient (Wildman–Crippen LogP) is 2.47. The number of carbonyl (C=O) groups is 2. The smallest absolute Gasteiger partial charge is 0.248 e. The molecule has 2 heterocycles. The second-order valence-electron chi connectivity index (χ2n) is 10.4. The summed E-state index contributed by atoms with van der Waals surface area (Å²) in [6.45, 7) is 4.11. The molecule has 0 aliphatic carbocycles. The van der Waals surface area contributed by atoms with E-state index in [0.717, 1.165) is 17.5 Å². The Kier molecular flexibility index (Phi) is 9.61. The number of benzene rings is 2. The van der Waals surface area contributed by atoms with Gasteiger partial charge in [0, 0.05) is 18.0 Å². The van der Waals surface area contributed by atoms with Gasteiger partial charge in [0.1, 0.15) is 24.2 Å². The van der Waals surface area contributed by atoms with Crippen LogP contribution in [-0.4, -0.2) is 77.2 Å². The summed E-state index contributed by atoms with van der Waals surface area (Å²) in [5.41, 5.74) is 6.84. The van der Waals surface area contributed by atoms with Crippen LogP contribution >= 0.6 is 11.6 Å². The monoisotopic (exact) mass is 556 g/mol. The van der Waals surface area contributed by atoms with Gasteiger partial charge in [0.05, 0.1) is 25.4 Å². The number of hydrogen-bond donors (Lipinski definition) is 3. The number of aliphatic imine (C=N–C) groups is 1. The molecule has 2 aromatic rings. The Morgan fingerprint density at radius 2 is 1.97 bits per heavy atom. The Morgan fingerprint density at radius 3 is 2.67 bits per heavy atom. The molecule has 2 amide bonds. The Bertz CT molecular complexity index is 1180. The number of amides is 2. The molecule has 4 rings (SSSR count). The Morgan fingerprint density at radius 1 is 1.23 bits per heavy atom. The normalized spacial score (nSPS) is 23.1. The maximum absolute atomic E-state index is 13.9. The van der Waals surface area contributed by atoms with Crippen LogP contribution in [0.3, 0.4) is 0 Å². The van der Waals surface area contributed by atoms with E-state index in [1.54, 1.807) is 24.8 Å². The molecule has 10 heteroatoms. The van der Waals surface area contributed by atoms with Crippen LogP contribution in [-0.2, 0) is 32.1 Å². The van der Waals surface area contributed by atoms with Crippen LogP contribution in [0.5, 0.6) is 0 Å². The Hall–Kier alpha value is -2.98. The number of aliphatic hydroxyl groups excluding tert-OH is 1. The minimum Gasteiger partial charge on any atom is -0.477 e. The maximum atomic E-state index is 13.9. The highest BCUT2D eigenvalue weighted by Crippen LogP contribution is 2.30. The lowest BCUT2D eigenvalue weighted by Gasteiger charge is -2.32. The van der Waals surface area contributed by atoms with Crippen molar-refractivity contribution in [3.05, 3.63) is 70.7 Å². The van der Waals surface area contributed by atoms with Crippen LogP contribution in [0.4, 0.5) is 0 Å². The molecule has 0 spiro atoms. The number of likely N-dealkylation sites (tertiary alicyclic amines) is 1. The summed E-state index contributed by atoms with van der Waals surface area (Å²) in [6.07, 6.45) is 1.25. The highest BCUT2D eigenvalue weighted by Gasteiger charge is 2.44. The van der Waals surface area contributed by atoms with E-state index in [0.29, 0.717) is 36.9 Å². The lowest BCUT2D eigenvalue weighted by Crippen LogP contribution is -2.58. The molecule has 1 fully saturated rings. The minimum absolute atomic E-state index is 0.200. The first-order valence-electron chi connectivity index (χ1n) is 13.3. The van der Waals surface area contributed by atoms with Crippen LogP contribution in [0.2, 0.25) is 5.02 Å². The lowest BCUT2D eigenvalue weighted by atomic mass is 9.93. The maximum Gasteiger partial charge on any atom is 0.248 e. The van der Waals surface area contributed by atoms with Gasteiger partial charge < -0.3 is 30.5 Å². The largest absolute Gasteiger partial charge is 0.477 e. The number of nitrogens with two attached hydrogens (primary N) is 1. The Balaban J connectivity index is 1.52. The summed E-state index contributed by atoms with van der Waals surface area (Å²) in [4.78, 5) is 33.0. The zero-order valence-electron chi connectivity index (χ0n) is 22.4. The molecule has 0 saturated carbocycles. The van der Waals surface area contributed by atoms with E-state index in [1.165, 1.54) is 0 Å². The molecule has 4 N–H and O–H groups in total. The first kappa shape index (κ1) is 29.0. The summed E-state index contributed by atoms with van der Waals surface area (Å²) < 4.78 is 12.0. The number of aliphatic hydroxyl groups is 1. The van der Waals surface area contributed by atoms with Gasteiger partial charge in [0.25, 0.3) is 0 Å². The molecule has 0 radical (unpaired) electrons. The standard InChI is InChI=1S/C29H37ClN4O5/c1-19(31)26(36)32-25(20(2)38-16-21-8-4-3-5-9-21)28(37)34-13-7-12-24(34)27-33-29(17-35,18-39-27)15-22-10-6-11-23(30)14-22/h3-6,8-11,14,19-20,24-25,35H,7,12-13,15-18,31H2,1-2H3,(H,32,36)/t19?,20-,24?,25?,29+/m1/s1. The van der Waals surface area contributed by atoms with Crippen LogP contribution in [0.15, 0.2) is 59.6 Å². The molecule has 2 aromatic carbocycles. The average molecular weight is 557 g/mol. The second kappa shape index (κ2) is 12.9. The van der Waals surface area contributed by atoms with Crippen LogP contribution < -0.4 is 11.1 Å². The zero-order chi connectivity index (χ0) is 28.0. The third kappa shape index (κ3) is 7.16. The van der Waals surface area contributed by atoms with E-state index in [9.17, 15) is 14.7 Å². The molecule has 0 aromatic heterocycles. The van der Waals surface area contributed by atoms with E-state index in [1.807, 2.05) is 48.5 Å². The first-order valence-corrected chi connectivity index (χ1v) is 13.7. The van der Waals surface area contributed by atoms with Gasteiger partial charge in [0.2, 0.25) is 17.7 Å². The van der Waals surface area contributed by atoms with Gasteiger partial charge in [-0.05, 0) is 49.9 Å². The van der Waals surface area contributed by atoms with Crippen molar-refractivity contribution in [2.45, 2.75) is 69.5 Å². The molecule has 1 saturated heterocycles. The fourth-order valence-corrected chi connectivity index (χ4v) is 5.17.